The van der Waals surface area contributed by atoms with Crippen molar-refractivity contribution < 1.29 is 4.39 Å². The highest BCUT2D eigenvalue weighted by molar-refractivity contribution is 5.23. The van der Waals surface area contributed by atoms with Crippen LogP contribution in [0.15, 0.2) is 24.3 Å². The molecule has 17 heavy (non-hydrogen) atoms. The van der Waals surface area contributed by atoms with Gasteiger partial charge in [-0.3, -0.25) is 4.90 Å². The molecule has 0 radical (unpaired) electrons. The number of nitrogens with two attached hydrogens (primary N) is 1. The van der Waals surface area contributed by atoms with Gasteiger partial charge in [0.1, 0.15) is 5.82 Å². The van der Waals surface area contributed by atoms with E-state index in [0.717, 1.165) is 24.6 Å². The molecule has 1 saturated heterocycles. The Morgan fingerprint density at radius 2 is 2.12 bits per heavy atom. The minimum absolute atomic E-state index is 0.138. The second kappa shape index (κ2) is 4.39. The predicted octanol–water partition coefficient (Wildman–Crippen LogP) is 2.31. The summed E-state index contributed by atoms with van der Waals surface area (Å²) in [6.45, 7) is 1.82. The normalized spacial score (nSPS) is 29.8. The van der Waals surface area contributed by atoms with Crippen LogP contribution in [0.1, 0.15) is 30.9 Å². The molecule has 1 heterocycles. The van der Waals surface area contributed by atoms with E-state index in [1.165, 1.54) is 18.9 Å². The largest absolute Gasteiger partial charge is 0.330 e. The van der Waals surface area contributed by atoms with Crippen LogP contribution in [0.25, 0.3) is 0 Å². The average Bonchev–Trinajstić information content (AvgIpc) is 3.08. The van der Waals surface area contributed by atoms with Gasteiger partial charge in [-0.25, -0.2) is 4.39 Å². The highest BCUT2D eigenvalue weighted by Gasteiger charge is 2.42. The van der Waals surface area contributed by atoms with Gasteiger partial charge < -0.3 is 5.73 Å². The van der Waals surface area contributed by atoms with Gasteiger partial charge in [-0.1, -0.05) is 12.1 Å². The van der Waals surface area contributed by atoms with Crippen molar-refractivity contribution >= 4 is 0 Å². The number of hydrogen-bond donors (Lipinski definition) is 1. The van der Waals surface area contributed by atoms with E-state index in [2.05, 4.69) is 4.90 Å². The van der Waals surface area contributed by atoms with Crippen LogP contribution < -0.4 is 5.73 Å². The van der Waals surface area contributed by atoms with Gasteiger partial charge in [0.25, 0.3) is 0 Å². The lowest BCUT2D eigenvalue weighted by Crippen LogP contribution is -2.29. The van der Waals surface area contributed by atoms with Crippen LogP contribution in [0, 0.1) is 11.7 Å². The molecule has 0 aromatic heterocycles. The molecule has 1 saturated carbocycles. The van der Waals surface area contributed by atoms with Crippen molar-refractivity contribution in [3.63, 3.8) is 0 Å². The molecule has 0 bridgehead atoms. The van der Waals surface area contributed by atoms with Crippen LogP contribution >= 0.6 is 0 Å². The van der Waals surface area contributed by atoms with Gasteiger partial charge in [0.2, 0.25) is 0 Å². The monoisotopic (exact) mass is 234 g/mol. The van der Waals surface area contributed by atoms with Crippen molar-refractivity contribution in [1.29, 1.82) is 0 Å². The van der Waals surface area contributed by atoms with Crippen molar-refractivity contribution in [2.45, 2.75) is 31.3 Å². The predicted molar refractivity (Wildman–Crippen MR) is 66.0 cm³/mol. The third-order valence-corrected chi connectivity index (χ3v) is 4.07. The maximum atomic E-state index is 13.3. The number of rotatable bonds is 3. The maximum Gasteiger partial charge on any atom is 0.123 e. The molecule has 2 fully saturated rings. The Hall–Kier alpha value is -0.930. The van der Waals surface area contributed by atoms with E-state index >= 15 is 0 Å². The van der Waals surface area contributed by atoms with Crippen LogP contribution in [0.3, 0.4) is 0 Å². The summed E-state index contributed by atoms with van der Waals surface area (Å²) in [5, 5.41) is 0. The number of benzene rings is 1. The fourth-order valence-corrected chi connectivity index (χ4v) is 3.10. The fourth-order valence-electron chi connectivity index (χ4n) is 3.10. The van der Waals surface area contributed by atoms with Gasteiger partial charge in [-0.15, -0.1) is 0 Å². The lowest BCUT2D eigenvalue weighted by atomic mass is 9.93. The second-order valence-corrected chi connectivity index (χ2v) is 5.25. The van der Waals surface area contributed by atoms with E-state index in [1.54, 1.807) is 6.07 Å². The number of nitrogens with zero attached hydrogens (tertiary/aromatic N) is 1. The zero-order valence-electron chi connectivity index (χ0n) is 9.98. The first-order valence-electron chi connectivity index (χ1n) is 6.51. The van der Waals surface area contributed by atoms with Crippen LogP contribution in [-0.2, 0) is 0 Å². The molecule has 0 amide bonds. The van der Waals surface area contributed by atoms with Gasteiger partial charge in [-0.2, -0.15) is 0 Å². The van der Waals surface area contributed by atoms with Gasteiger partial charge in [-0.05, 0) is 56.0 Å². The fraction of sp³-hybridized carbons (Fsp3) is 0.571. The van der Waals surface area contributed by atoms with E-state index < -0.39 is 0 Å². The SMILES string of the molecule is NCC1CCN(C2CC2)C1c1cccc(F)c1. The molecule has 2 unspecified atom stereocenters. The molecule has 2 nitrogen and oxygen atoms in total. The average molecular weight is 234 g/mol. The summed E-state index contributed by atoms with van der Waals surface area (Å²) in [5.41, 5.74) is 6.96. The lowest BCUT2D eigenvalue weighted by Gasteiger charge is -2.28. The molecule has 0 spiro atoms. The molecule has 1 aliphatic heterocycles. The van der Waals surface area contributed by atoms with Crippen LogP contribution in [0.5, 0.6) is 0 Å². The van der Waals surface area contributed by atoms with Gasteiger partial charge in [0, 0.05) is 12.1 Å². The highest BCUT2D eigenvalue weighted by Crippen LogP contribution is 2.43. The topological polar surface area (TPSA) is 29.3 Å². The Balaban J connectivity index is 1.90. The van der Waals surface area contributed by atoms with E-state index in [9.17, 15) is 4.39 Å². The third-order valence-electron chi connectivity index (χ3n) is 4.07. The number of halogens is 1. The molecule has 2 aliphatic rings. The molecular formula is C14H19FN2. The lowest BCUT2D eigenvalue weighted by molar-refractivity contribution is 0.220. The first kappa shape index (κ1) is 11.2. The van der Waals surface area contributed by atoms with E-state index in [4.69, 9.17) is 5.73 Å². The van der Waals surface area contributed by atoms with Crippen molar-refractivity contribution in [3.8, 4) is 0 Å². The quantitative estimate of drug-likeness (QED) is 0.869. The maximum absolute atomic E-state index is 13.3. The van der Waals surface area contributed by atoms with Gasteiger partial charge in [0.05, 0.1) is 0 Å². The summed E-state index contributed by atoms with van der Waals surface area (Å²) in [6.07, 6.45) is 3.74. The molecule has 2 atom stereocenters. The number of hydrogen-bond acceptors (Lipinski definition) is 2. The third kappa shape index (κ3) is 2.09. The second-order valence-electron chi connectivity index (χ2n) is 5.25. The van der Waals surface area contributed by atoms with Crippen LogP contribution in [0.4, 0.5) is 4.39 Å². The van der Waals surface area contributed by atoms with Crippen LogP contribution in [0.2, 0.25) is 0 Å². The molecule has 1 aliphatic carbocycles. The van der Waals surface area contributed by atoms with E-state index in [-0.39, 0.29) is 5.82 Å². The molecule has 1 aromatic carbocycles. The highest BCUT2D eigenvalue weighted by atomic mass is 19.1. The molecule has 3 heteroatoms. The van der Waals surface area contributed by atoms with Gasteiger partial charge in [0.15, 0.2) is 0 Å². The Bertz CT molecular complexity index is 403. The summed E-state index contributed by atoms with van der Waals surface area (Å²) in [4.78, 5) is 2.53. The molecule has 1 aromatic rings. The molecule has 2 N–H and O–H groups in total. The Labute approximate surface area is 102 Å². The van der Waals surface area contributed by atoms with Gasteiger partial charge >= 0.3 is 0 Å². The van der Waals surface area contributed by atoms with E-state index in [0.29, 0.717) is 18.5 Å². The standard InChI is InChI=1S/C14H19FN2/c15-12-3-1-2-10(8-12)14-11(9-16)6-7-17(14)13-4-5-13/h1-3,8,11,13-14H,4-7,9,16H2. The van der Waals surface area contributed by atoms with Crippen molar-refractivity contribution in [3.05, 3.63) is 35.6 Å². The minimum atomic E-state index is -0.138. The minimum Gasteiger partial charge on any atom is -0.330 e. The van der Waals surface area contributed by atoms with Crippen molar-refractivity contribution in [1.82, 2.24) is 4.90 Å². The summed E-state index contributed by atoms with van der Waals surface area (Å²) in [6, 6.07) is 8.09. The summed E-state index contributed by atoms with van der Waals surface area (Å²) >= 11 is 0. The zero-order valence-corrected chi connectivity index (χ0v) is 9.98. The van der Waals surface area contributed by atoms with Crippen LogP contribution in [-0.4, -0.2) is 24.0 Å². The Morgan fingerprint density at radius 1 is 1.29 bits per heavy atom. The summed E-state index contributed by atoms with van der Waals surface area (Å²) < 4.78 is 13.3. The molecule has 92 valence electrons. The first-order valence-corrected chi connectivity index (χ1v) is 6.51. The number of likely N-dealkylation sites (tertiary alicyclic amines) is 1. The Kier molecular flexibility index (Phi) is 2.89. The first-order chi connectivity index (χ1) is 8.29. The molecule has 3 rings (SSSR count). The van der Waals surface area contributed by atoms with Crippen molar-refractivity contribution in [2.75, 3.05) is 13.1 Å². The summed E-state index contributed by atoms with van der Waals surface area (Å²) in [7, 11) is 0. The van der Waals surface area contributed by atoms with E-state index in [1.807, 2.05) is 12.1 Å². The van der Waals surface area contributed by atoms with Crippen molar-refractivity contribution in [2.24, 2.45) is 11.7 Å². The Morgan fingerprint density at radius 3 is 2.76 bits per heavy atom. The smallest absolute Gasteiger partial charge is 0.123 e. The molecular weight excluding hydrogens is 215 g/mol. The summed E-state index contributed by atoms with van der Waals surface area (Å²) in [5.74, 6) is 0.346. The zero-order chi connectivity index (χ0) is 11.8.